The number of aromatic nitrogens is 2. The molecule has 1 heterocycles. The molecule has 7 heteroatoms. The zero-order valence-corrected chi connectivity index (χ0v) is 14.9. The summed E-state index contributed by atoms with van der Waals surface area (Å²) in [6.45, 7) is 1.78. The molecule has 1 saturated carbocycles. The van der Waals surface area contributed by atoms with Crippen LogP contribution in [0.2, 0.25) is 0 Å². The molecule has 1 atom stereocenters. The van der Waals surface area contributed by atoms with Crippen molar-refractivity contribution in [2.75, 3.05) is 13.4 Å². The number of hydrogen-bond donors (Lipinski definition) is 0. The average Bonchev–Trinajstić information content (AvgIpc) is 3.00. The number of hydrogen-bond acceptors (Lipinski definition) is 5. The molecule has 1 aliphatic rings. The lowest BCUT2D eigenvalue weighted by Gasteiger charge is -2.24. The van der Waals surface area contributed by atoms with Crippen LogP contribution in [0, 0.1) is 0 Å². The number of nitrogens with zero attached hydrogens (tertiary/aromatic N) is 2. The van der Waals surface area contributed by atoms with E-state index in [2.05, 4.69) is 9.84 Å². The second-order valence-corrected chi connectivity index (χ2v) is 9.06. The van der Waals surface area contributed by atoms with E-state index < -0.39 is 20.6 Å². The van der Waals surface area contributed by atoms with Crippen LogP contribution in [-0.2, 0) is 25.9 Å². The topological polar surface area (TPSA) is 78.3 Å². The Morgan fingerprint density at radius 2 is 2.04 bits per heavy atom. The zero-order valence-electron chi connectivity index (χ0n) is 14.1. The average molecular weight is 342 g/mol. The maximum absolute atomic E-state index is 12.0. The Labute approximate surface area is 138 Å². The van der Waals surface area contributed by atoms with E-state index in [0.29, 0.717) is 12.5 Å². The van der Waals surface area contributed by atoms with Crippen molar-refractivity contribution in [2.45, 2.75) is 62.7 Å². The number of methoxy groups -OCH3 is 1. The van der Waals surface area contributed by atoms with Gasteiger partial charge in [-0.05, 0) is 37.7 Å². The number of rotatable bonds is 6. The van der Waals surface area contributed by atoms with Gasteiger partial charge in [-0.15, -0.1) is 0 Å². The SMILES string of the molecule is COC(=O)[C@@](C)(CCn1cc(C2CCCCC2)cn1)S(C)(=O)=O. The molecule has 0 aromatic carbocycles. The maximum Gasteiger partial charge on any atom is 0.326 e. The van der Waals surface area contributed by atoms with Crippen LogP contribution in [0.5, 0.6) is 0 Å². The summed E-state index contributed by atoms with van der Waals surface area (Å²) in [4.78, 5) is 11.9. The summed E-state index contributed by atoms with van der Waals surface area (Å²) >= 11 is 0. The summed E-state index contributed by atoms with van der Waals surface area (Å²) in [5.41, 5.74) is 1.21. The molecule has 1 aromatic heterocycles. The van der Waals surface area contributed by atoms with Gasteiger partial charge < -0.3 is 4.74 Å². The van der Waals surface area contributed by atoms with E-state index in [1.54, 1.807) is 4.68 Å². The Morgan fingerprint density at radius 3 is 2.61 bits per heavy atom. The van der Waals surface area contributed by atoms with Crippen LogP contribution in [0.4, 0.5) is 0 Å². The number of ether oxygens (including phenoxy) is 1. The molecule has 0 bridgehead atoms. The van der Waals surface area contributed by atoms with Crippen LogP contribution in [0.25, 0.3) is 0 Å². The first kappa shape index (κ1) is 18.0. The predicted octanol–water partition coefficient (Wildman–Crippen LogP) is 2.30. The standard InChI is InChI=1S/C16H26N2O4S/c1-16(15(19)22-2,23(3,20)21)9-10-18-12-14(11-17-18)13-7-5-4-6-8-13/h11-13H,4-10H2,1-3H3/t16-/m1/s1. The van der Waals surface area contributed by atoms with Gasteiger partial charge in [0.15, 0.2) is 14.6 Å². The molecule has 1 fully saturated rings. The fraction of sp³-hybridized carbons (Fsp3) is 0.750. The fourth-order valence-electron chi connectivity index (χ4n) is 3.13. The van der Waals surface area contributed by atoms with Crippen LogP contribution in [0.15, 0.2) is 12.4 Å². The number of sulfone groups is 1. The second-order valence-electron chi connectivity index (χ2n) is 6.62. The minimum Gasteiger partial charge on any atom is -0.468 e. The van der Waals surface area contributed by atoms with Gasteiger partial charge in [0.25, 0.3) is 0 Å². The molecule has 0 spiro atoms. The Kier molecular flexibility index (Phi) is 5.49. The molecule has 6 nitrogen and oxygen atoms in total. The van der Waals surface area contributed by atoms with E-state index in [0.717, 1.165) is 6.26 Å². The molecule has 1 aliphatic carbocycles. The van der Waals surface area contributed by atoms with Gasteiger partial charge in [0, 0.05) is 19.0 Å². The molecule has 0 radical (unpaired) electrons. The van der Waals surface area contributed by atoms with Crippen LogP contribution in [0.1, 0.15) is 56.9 Å². The summed E-state index contributed by atoms with van der Waals surface area (Å²) in [6, 6.07) is 0. The van der Waals surface area contributed by atoms with E-state index in [1.807, 2.05) is 12.4 Å². The van der Waals surface area contributed by atoms with Crippen molar-refractivity contribution in [2.24, 2.45) is 0 Å². The molecule has 23 heavy (non-hydrogen) atoms. The van der Waals surface area contributed by atoms with E-state index in [-0.39, 0.29) is 6.42 Å². The van der Waals surface area contributed by atoms with Gasteiger partial charge in [0.1, 0.15) is 0 Å². The second kappa shape index (κ2) is 7.03. The van der Waals surface area contributed by atoms with Gasteiger partial charge in [-0.1, -0.05) is 19.3 Å². The molecule has 0 saturated heterocycles. The molecule has 0 aliphatic heterocycles. The van der Waals surface area contributed by atoms with Crippen LogP contribution in [0.3, 0.4) is 0 Å². The lowest BCUT2D eigenvalue weighted by molar-refractivity contribution is -0.143. The molecule has 1 aromatic rings. The van der Waals surface area contributed by atoms with Crippen LogP contribution < -0.4 is 0 Å². The molecular weight excluding hydrogens is 316 g/mol. The van der Waals surface area contributed by atoms with Crippen molar-refractivity contribution >= 4 is 15.8 Å². The summed E-state index contributed by atoms with van der Waals surface area (Å²) in [5, 5.41) is 4.33. The van der Waals surface area contributed by atoms with Gasteiger partial charge in [-0.2, -0.15) is 5.10 Å². The lowest BCUT2D eigenvalue weighted by Crippen LogP contribution is -2.44. The maximum atomic E-state index is 12.0. The summed E-state index contributed by atoms with van der Waals surface area (Å²) < 4.78 is 28.9. The van der Waals surface area contributed by atoms with E-state index in [4.69, 9.17) is 0 Å². The van der Waals surface area contributed by atoms with Gasteiger partial charge in [0.05, 0.1) is 13.3 Å². The Bertz CT molecular complexity index is 647. The highest BCUT2D eigenvalue weighted by atomic mass is 32.2. The summed E-state index contributed by atoms with van der Waals surface area (Å²) in [5.74, 6) is -0.168. The molecule has 2 rings (SSSR count). The highest BCUT2D eigenvalue weighted by Crippen LogP contribution is 2.32. The van der Waals surface area contributed by atoms with E-state index in [9.17, 15) is 13.2 Å². The number of aryl methyl sites for hydroxylation is 1. The van der Waals surface area contributed by atoms with Crippen molar-refractivity contribution in [3.8, 4) is 0 Å². The molecule has 0 N–H and O–H groups in total. The monoisotopic (exact) mass is 342 g/mol. The number of esters is 1. The molecule has 0 amide bonds. The Morgan fingerprint density at radius 1 is 1.39 bits per heavy atom. The van der Waals surface area contributed by atoms with Crippen LogP contribution >= 0.6 is 0 Å². The lowest BCUT2D eigenvalue weighted by atomic mass is 9.86. The minimum atomic E-state index is -3.58. The van der Waals surface area contributed by atoms with Gasteiger partial charge >= 0.3 is 5.97 Å². The van der Waals surface area contributed by atoms with Gasteiger partial charge in [-0.3, -0.25) is 9.48 Å². The zero-order chi connectivity index (χ0) is 17.1. The minimum absolute atomic E-state index is 0.143. The summed E-state index contributed by atoms with van der Waals surface area (Å²) in [6.07, 6.45) is 11.3. The van der Waals surface area contributed by atoms with Gasteiger partial charge in [0.2, 0.25) is 0 Å². The Balaban J connectivity index is 2.07. The van der Waals surface area contributed by atoms with Crippen LogP contribution in [-0.4, -0.2) is 42.3 Å². The van der Waals surface area contributed by atoms with Gasteiger partial charge in [-0.25, -0.2) is 8.42 Å². The van der Waals surface area contributed by atoms with E-state index >= 15 is 0 Å². The first-order valence-corrected chi connectivity index (χ1v) is 9.97. The van der Waals surface area contributed by atoms with E-state index in [1.165, 1.54) is 51.7 Å². The van der Waals surface area contributed by atoms with Crippen molar-refractivity contribution in [3.05, 3.63) is 18.0 Å². The summed E-state index contributed by atoms with van der Waals surface area (Å²) in [7, 11) is -2.37. The third-order valence-electron chi connectivity index (χ3n) is 4.98. The largest absolute Gasteiger partial charge is 0.468 e. The smallest absolute Gasteiger partial charge is 0.326 e. The highest BCUT2D eigenvalue weighted by molar-refractivity contribution is 7.92. The normalized spacial score (nSPS) is 19.3. The third-order valence-corrected chi connectivity index (χ3v) is 6.99. The fourth-order valence-corrected chi connectivity index (χ4v) is 3.98. The first-order chi connectivity index (χ1) is 10.8. The van der Waals surface area contributed by atoms with Crippen molar-refractivity contribution < 1.29 is 17.9 Å². The third kappa shape index (κ3) is 3.94. The number of carbonyl (C=O) groups is 1. The highest BCUT2D eigenvalue weighted by Gasteiger charge is 2.44. The number of carbonyl (C=O) groups excluding carboxylic acids is 1. The van der Waals surface area contributed by atoms with Crippen molar-refractivity contribution in [1.29, 1.82) is 0 Å². The molecule has 0 unspecified atom stereocenters. The van der Waals surface area contributed by atoms with Crippen molar-refractivity contribution in [3.63, 3.8) is 0 Å². The molecular formula is C16H26N2O4S. The first-order valence-electron chi connectivity index (χ1n) is 8.08. The quantitative estimate of drug-likeness (QED) is 0.741. The predicted molar refractivity (Wildman–Crippen MR) is 87.9 cm³/mol. The molecule has 130 valence electrons. The Hall–Kier alpha value is -1.37. The van der Waals surface area contributed by atoms with Crippen molar-refractivity contribution in [1.82, 2.24) is 9.78 Å².